The second-order valence-electron chi connectivity index (χ2n) is 2.85. The lowest BCUT2D eigenvalue weighted by molar-refractivity contribution is 0.145. The Kier molecular flexibility index (Phi) is 3.12. The van der Waals surface area contributed by atoms with Gasteiger partial charge in [0, 0.05) is 6.20 Å². The third-order valence-electron chi connectivity index (χ3n) is 1.76. The molecule has 0 bridgehead atoms. The van der Waals surface area contributed by atoms with E-state index in [1.807, 2.05) is 13.8 Å². The highest BCUT2D eigenvalue weighted by Gasteiger charge is 2.05. The fourth-order valence-electron chi connectivity index (χ4n) is 0.932. The molecule has 1 unspecified atom stereocenters. The van der Waals surface area contributed by atoms with Crippen molar-refractivity contribution in [2.24, 2.45) is 0 Å². The van der Waals surface area contributed by atoms with Gasteiger partial charge in [-0.3, -0.25) is 4.68 Å². The third-order valence-corrected chi connectivity index (χ3v) is 2.13. The predicted octanol–water partition coefficient (Wildman–Crippen LogP) is 1.62. The van der Waals surface area contributed by atoms with E-state index in [0.717, 1.165) is 12.1 Å². The van der Waals surface area contributed by atoms with E-state index in [1.165, 1.54) is 0 Å². The average molecular weight is 189 g/mol. The summed E-state index contributed by atoms with van der Waals surface area (Å²) in [7, 11) is 0. The average Bonchev–Trinajstić information content (AvgIpc) is 2.31. The van der Waals surface area contributed by atoms with Gasteiger partial charge in [0.05, 0.1) is 23.4 Å². The molecule has 1 atom stereocenters. The van der Waals surface area contributed by atoms with Crippen molar-refractivity contribution < 1.29 is 5.11 Å². The standard InChI is InChI=1S/C8H13ClN2O/c1-3-7(12)4-11-5-8(9)6(2)10-11/h5,7,12H,3-4H2,1-2H3. The first-order chi connectivity index (χ1) is 5.63. The highest BCUT2D eigenvalue weighted by Crippen LogP contribution is 2.12. The molecule has 0 spiro atoms. The highest BCUT2D eigenvalue weighted by molar-refractivity contribution is 6.31. The quantitative estimate of drug-likeness (QED) is 0.783. The van der Waals surface area contributed by atoms with Gasteiger partial charge in [0.2, 0.25) is 0 Å². The maximum atomic E-state index is 9.31. The molecule has 3 nitrogen and oxygen atoms in total. The van der Waals surface area contributed by atoms with Crippen molar-refractivity contribution in [2.45, 2.75) is 32.9 Å². The Labute approximate surface area is 77.0 Å². The Morgan fingerprint density at radius 1 is 1.75 bits per heavy atom. The predicted molar refractivity (Wildman–Crippen MR) is 48.3 cm³/mol. The molecule has 0 saturated carbocycles. The van der Waals surface area contributed by atoms with Gasteiger partial charge in [-0.25, -0.2) is 0 Å². The molecule has 0 aliphatic carbocycles. The number of aromatic nitrogens is 2. The molecular formula is C8H13ClN2O. The van der Waals surface area contributed by atoms with Crippen LogP contribution >= 0.6 is 11.6 Å². The normalized spacial score (nSPS) is 13.3. The number of aliphatic hydroxyl groups excluding tert-OH is 1. The first kappa shape index (κ1) is 9.55. The topological polar surface area (TPSA) is 38.0 Å². The van der Waals surface area contributed by atoms with E-state index in [2.05, 4.69) is 5.10 Å². The smallest absolute Gasteiger partial charge is 0.0814 e. The van der Waals surface area contributed by atoms with Crippen LogP contribution in [0.5, 0.6) is 0 Å². The second-order valence-corrected chi connectivity index (χ2v) is 3.25. The zero-order chi connectivity index (χ0) is 9.14. The molecular weight excluding hydrogens is 176 g/mol. The van der Waals surface area contributed by atoms with Gasteiger partial charge in [0.25, 0.3) is 0 Å². The van der Waals surface area contributed by atoms with Gasteiger partial charge in [-0.1, -0.05) is 18.5 Å². The minimum atomic E-state index is -0.333. The number of hydrogen-bond acceptors (Lipinski definition) is 2. The molecule has 1 aromatic heterocycles. The Bertz CT molecular complexity index is 240. The summed E-state index contributed by atoms with van der Waals surface area (Å²) < 4.78 is 1.67. The zero-order valence-electron chi connectivity index (χ0n) is 7.29. The molecule has 1 heterocycles. The fourth-order valence-corrected chi connectivity index (χ4v) is 1.08. The SMILES string of the molecule is CCC(O)Cn1cc(Cl)c(C)n1. The van der Waals surface area contributed by atoms with Crippen molar-refractivity contribution in [3.05, 3.63) is 16.9 Å². The Balaban J connectivity index is 2.64. The van der Waals surface area contributed by atoms with Crippen LogP contribution in [0.15, 0.2) is 6.20 Å². The molecule has 0 fully saturated rings. The van der Waals surface area contributed by atoms with E-state index >= 15 is 0 Å². The molecule has 0 saturated heterocycles. The van der Waals surface area contributed by atoms with Crippen molar-refractivity contribution >= 4 is 11.6 Å². The number of aryl methyl sites for hydroxylation is 1. The lowest BCUT2D eigenvalue weighted by atomic mass is 10.3. The van der Waals surface area contributed by atoms with Crippen molar-refractivity contribution in [3.8, 4) is 0 Å². The summed E-state index contributed by atoms with van der Waals surface area (Å²) in [6, 6.07) is 0. The lowest BCUT2D eigenvalue weighted by Gasteiger charge is -2.06. The van der Waals surface area contributed by atoms with E-state index in [1.54, 1.807) is 10.9 Å². The van der Waals surface area contributed by atoms with Crippen LogP contribution in [-0.2, 0) is 6.54 Å². The van der Waals surface area contributed by atoms with E-state index < -0.39 is 0 Å². The maximum Gasteiger partial charge on any atom is 0.0814 e. The molecule has 4 heteroatoms. The zero-order valence-corrected chi connectivity index (χ0v) is 8.04. The monoisotopic (exact) mass is 188 g/mol. The van der Waals surface area contributed by atoms with E-state index in [9.17, 15) is 5.11 Å². The van der Waals surface area contributed by atoms with Crippen LogP contribution < -0.4 is 0 Å². The summed E-state index contributed by atoms with van der Waals surface area (Å²) in [6.45, 7) is 4.30. The van der Waals surface area contributed by atoms with Crippen LogP contribution in [0.4, 0.5) is 0 Å². The van der Waals surface area contributed by atoms with Crippen LogP contribution in [0, 0.1) is 6.92 Å². The fraction of sp³-hybridized carbons (Fsp3) is 0.625. The van der Waals surface area contributed by atoms with Crippen LogP contribution in [0.3, 0.4) is 0 Å². The van der Waals surface area contributed by atoms with Crippen molar-refractivity contribution in [2.75, 3.05) is 0 Å². The van der Waals surface area contributed by atoms with Gasteiger partial charge >= 0.3 is 0 Å². The highest BCUT2D eigenvalue weighted by atomic mass is 35.5. The van der Waals surface area contributed by atoms with Crippen molar-refractivity contribution in [3.63, 3.8) is 0 Å². The van der Waals surface area contributed by atoms with Crippen molar-refractivity contribution in [1.82, 2.24) is 9.78 Å². The van der Waals surface area contributed by atoms with Crippen LogP contribution in [0.2, 0.25) is 5.02 Å². The van der Waals surface area contributed by atoms with Gasteiger partial charge in [0.1, 0.15) is 0 Å². The molecule has 12 heavy (non-hydrogen) atoms. The third kappa shape index (κ3) is 2.22. The molecule has 0 aliphatic rings. The summed E-state index contributed by atoms with van der Waals surface area (Å²) in [5.74, 6) is 0. The van der Waals surface area contributed by atoms with Gasteiger partial charge in [0.15, 0.2) is 0 Å². The summed E-state index contributed by atoms with van der Waals surface area (Å²) in [5.41, 5.74) is 0.806. The van der Waals surface area contributed by atoms with Crippen LogP contribution in [0.25, 0.3) is 0 Å². The summed E-state index contributed by atoms with van der Waals surface area (Å²) >= 11 is 5.79. The van der Waals surface area contributed by atoms with Crippen LogP contribution in [-0.4, -0.2) is 21.0 Å². The second kappa shape index (κ2) is 3.92. The number of nitrogens with zero attached hydrogens (tertiary/aromatic N) is 2. The number of hydrogen-bond donors (Lipinski definition) is 1. The Morgan fingerprint density at radius 3 is 2.83 bits per heavy atom. The van der Waals surface area contributed by atoms with Crippen LogP contribution in [0.1, 0.15) is 19.0 Å². The molecule has 1 N–H and O–H groups in total. The largest absolute Gasteiger partial charge is 0.391 e. The molecule has 0 amide bonds. The van der Waals surface area contributed by atoms with E-state index in [0.29, 0.717) is 11.6 Å². The number of rotatable bonds is 3. The molecule has 0 aromatic carbocycles. The number of halogens is 1. The minimum Gasteiger partial charge on any atom is -0.391 e. The first-order valence-corrected chi connectivity index (χ1v) is 4.39. The van der Waals surface area contributed by atoms with Crippen molar-refractivity contribution in [1.29, 1.82) is 0 Å². The summed E-state index contributed by atoms with van der Waals surface area (Å²) in [6.07, 6.45) is 2.13. The van der Waals surface area contributed by atoms with E-state index in [4.69, 9.17) is 11.6 Å². The van der Waals surface area contributed by atoms with Gasteiger partial charge in [-0.05, 0) is 13.3 Å². The Hall–Kier alpha value is -0.540. The summed E-state index contributed by atoms with van der Waals surface area (Å²) in [5, 5.41) is 14.1. The molecule has 0 radical (unpaired) electrons. The minimum absolute atomic E-state index is 0.333. The summed E-state index contributed by atoms with van der Waals surface area (Å²) in [4.78, 5) is 0. The van der Waals surface area contributed by atoms with Gasteiger partial charge in [-0.2, -0.15) is 5.10 Å². The van der Waals surface area contributed by atoms with Gasteiger partial charge in [-0.15, -0.1) is 0 Å². The lowest BCUT2D eigenvalue weighted by Crippen LogP contribution is -2.14. The first-order valence-electron chi connectivity index (χ1n) is 4.01. The Morgan fingerprint density at radius 2 is 2.42 bits per heavy atom. The molecule has 68 valence electrons. The molecule has 0 aliphatic heterocycles. The van der Waals surface area contributed by atoms with Gasteiger partial charge < -0.3 is 5.11 Å². The maximum absolute atomic E-state index is 9.31. The van der Waals surface area contributed by atoms with E-state index in [-0.39, 0.29) is 6.10 Å². The number of aliphatic hydroxyl groups is 1. The molecule has 1 aromatic rings. The molecule has 1 rings (SSSR count).